The highest BCUT2D eigenvalue weighted by atomic mass is 32.1. The number of carboxylic acids is 1. The van der Waals surface area contributed by atoms with Crippen LogP contribution in [0.5, 0.6) is 0 Å². The Kier molecular flexibility index (Phi) is 4.25. The van der Waals surface area contributed by atoms with E-state index >= 15 is 0 Å². The van der Waals surface area contributed by atoms with Gasteiger partial charge >= 0.3 is 5.97 Å². The van der Waals surface area contributed by atoms with Gasteiger partial charge in [0.05, 0.1) is 12.0 Å². The molecule has 2 aromatic rings. The minimum absolute atomic E-state index is 0.0646. The van der Waals surface area contributed by atoms with Gasteiger partial charge in [-0.05, 0) is 37.4 Å². The summed E-state index contributed by atoms with van der Waals surface area (Å²) in [4.78, 5) is 25.2. The molecule has 4 nitrogen and oxygen atoms in total. The molecule has 0 aliphatic heterocycles. The molecule has 20 heavy (non-hydrogen) atoms. The fourth-order valence-corrected chi connectivity index (χ4v) is 3.36. The summed E-state index contributed by atoms with van der Waals surface area (Å²) in [5, 5.41) is 13.7. The summed E-state index contributed by atoms with van der Waals surface area (Å²) in [6.45, 7) is 4.11. The zero-order valence-electron chi connectivity index (χ0n) is 11.2. The number of thiophene rings is 2. The Morgan fingerprint density at radius 2 is 2.05 bits per heavy atom. The SMILES string of the molecule is CC(C)(C(=O)NCc1ccc(C(=O)O)s1)c1cccs1. The van der Waals surface area contributed by atoms with E-state index in [1.807, 2.05) is 31.4 Å². The van der Waals surface area contributed by atoms with Gasteiger partial charge in [-0.3, -0.25) is 4.79 Å². The predicted octanol–water partition coefficient (Wildman–Crippen LogP) is 3.10. The van der Waals surface area contributed by atoms with Crippen LogP contribution in [0.4, 0.5) is 0 Å². The maximum atomic E-state index is 12.3. The Bertz CT molecular complexity index is 614. The maximum absolute atomic E-state index is 12.3. The van der Waals surface area contributed by atoms with Crippen molar-refractivity contribution < 1.29 is 14.7 Å². The minimum Gasteiger partial charge on any atom is -0.477 e. The molecule has 2 heterocycles. The van der Waals surface area contributed by atoms with Crippen molar-refractivity contribution in [3.8, 4) is 0 Å². The highest BCUT2D eigenvalue weighted by molar-refractivity contribution is 7.13. The standard InChI is InChI=1S/C14H15NO3S2/c1-14(2,11-4-3-7-19-11)13(18)15-8-9-5-6-10(20-9)12(16)17/h3-7H,8H2,1-2H3,(H,15,18)(H,16,17). The van der Waals surface area contributed by atoms with Crippen LogP contribution in [-0.2, 0) is 16.8 Å². The van der Waals surface area contributed by atoms with Crippen LogP contribution in [0.3, 0.4) is 0 Å². The molecular formula is C14H15NO3S2. The molecule has 2 N–H and O–H groups in total. The van der Waals surface area contributed by atoms with E-state index in [-0.39, 0.29) is 10.8 Å². The van der Waals surface area contributed by atoms with Gasteiger partial charge in [-0.2, -0.15) is 0 Å². The number of nitrogens with one attached hydrogen (secondary N) is 1. The van der Waals surface area contributed by atoms with Gasteiger partial charge in [0.15, 0.2) is 0 Å². The lowest BCUT2D eigenvalue weighted by atomic mass is 9.90. The molecular weight excluding hydrogens is 294 g/mol. The van der Waals surface area contributed by atoms with Gasteiger partial charge in [-0.25, -0.2) is 4.79 Å². The van der Waals surface area contributed by atoms with Gasteiger partial charge < -0.3 is 10.4 Å². The van der Waals surface area contributed by atoms with Crippen LogP contribution in [0.1, 0.15) is 33.3 Å². The third kappa shape index (κ3) is 3.08. The fourth-order valence-electron chi connectivity index (χ4n) is 1.72. The molecule has 2 aromatic heterocycles. The largest absolute Gasteiger partial charge is 0.477 e. The van der Waals surface area contributed by atoms with Gasteiger partial charge in [0.1, 0.15) is 4.88 Å². The van der Waals surface area contributed by atoms with Crippen LogP contribution in [-0.4, -0.2) is 17.0 Å². The maximum Gasteiger partial charge on any atom is 0.345 e. The Hall–Kier alpha value is -1.66. The van der Waals surface area contributed by atoms with E-state index in [0.29, 0.717) is 6.54 Å². The topological polar surface area (TPSA) is 66.4 Å². The van der Waals surface area contributed by atoms with E-state index < -0.39 is 11.4 Å². The summed E-state index contributed by atoms with van der Waals surface area (Å²) >= 11 is 2.73. The van der Waals surface area contributed by atoms with Crippen LogP contribution in [0.15, 0.2) is 29.6 Å². The smallest absolute Gasteiger partial charge is 0.345 e. The third-order valence-electron chi connectivity index (χ3n) is 3.00. The van der Waals surface area contributed by atoms with Crippen molar-refractivity contribution >= 4 is 34.6 Å². The first-order valence-electron chi connectivity index (χ1n) is 6.05. The van der Waals surface area contributed by atoms with Crippen LogP contribution in [0.25, 0.3) is 0 Å². The summed E-state index contributed by atoms with van der Waals surface area (Å²) in [6, 6.07) is 7.15. The molecule has 106 valence electrons. The second kappa shape index (κ2) is 5.76. The highest BCUT2D eigenvalue weighted by Gasteiger charge is 2.30. The second-order valence-electron chi connectivity index (χ2n) is 4.86. The highest BCUT2D eigenvalue weighted by Crippen LogP contribution is 2.27. The van der Waals surface area contributed by atoms with Crippen LogP contribution in [0.2, 0.25) is 0 Å². The first-order chi connectivity index (χ1) is 9.41. The van der Waals surface area contributed by atoms with Crippen molar-refractivity contribution in [2.75, 3.05) is 0 Å². The number of rotatable bonds is 5. The molecule has 0 atom stereocenters. The van der Waals surface area contributed by atoms with Crippen molar-refractivity contribution in [2.24, 2.45) is 0 Å². The van der Waals surface area contributed by atoms with Crippen LogP contribution in [0, 0.1) is 0 Å². The zero-order valence-corrected chi connectivity index (χ0v) is 12.8. The van der Waals surface area contributed by atoms with Crippen LogP contribution >= 0.6 is 22.7 Å². The quantitative estimate of drug-likeness (QED) is 0.892. The van der Waals surface area contributed by atoms with Gasteiger partial charge in [0, 0.05) is 9.75 Å². The lowest BCUT2D eigenvalue weighted by molar-refractivity contribution is -0.125. The lowest BCUT2D eigenvalue weighted by Gasteiger charge is -2.22. The van der Waals surface area contributed by atoms with Crippen molar-refractivity contribution in [2.45, 2.75) is 25.8 Å². The first-order valence-corrected chi connectivity index (χ1v) is 7.75. The fraction of sp³-hybridized carbons (Fsp3) is 0.286. The lowest BCUT2D eigenvalue weighted by Crippen LogP contribution is -2.39. The average Bonchev–Trinajstić information content (AvgIpc) is 3.06. The molecule has 2 rings (SSSR count). The molecule has 0 aliphatic rings. The van der Waals surface area contributed by atoms with Gasteiger partial charge in [-0.15, -0.1) is 22.7 Å². The van der Waals surface area contributed by atoms with Crippen molar-refractivity contribution in [3.63, 3.8) is 0 Å². The zero-order chi connectivity index (χ0) is 14.8. The summed E-state index contributed by atoms with van der Waals surface area (Å²) in [7, 11) is 0. The van der Waals surface area contributed by atoms with E-state index in [0.717, 1.165) is 9.75 Å². The number of carbonyl (C=O) groups excluding carboxylic acids is 1. The number of carbonyl (C=O) groups is 2. The number of hydrogen-bond acceptors (Lipinski definition) is 4. The normalized spacial score (nSPS) is 11.3. The van der Waals surface area contributed by atoms with Crippen molar-refractivity contribution in [1.82, 2.24) is 5.32 Å². The van der Waals surface area contributed by atoms with E-state index in [4.69, 9.17) is 5.11 Å². The second-order valence-corrected chi connectivity index (χ2v) is 6.97. The van der Waals surface area contributed by atoms with E-state index in [2.05, 4.69) is 5.32 Å². The van der Waals surface area contributed by atoms with Gasteiger partial charge in [-0.1, -0.05) is 6.07 Å². The molecule has 0 bridgehead atoms. The number of amides is 1. The average molecular weight is 309 g/mol. The molecule has 0 aromatic carbocycles. The molecule has 0 spiro atoms. The van der Waals surface area contributed by atoms with Crippen molar-refractivity contribution in [3.05, 3.63) is 44.3 Å². The Labute approximate surface area is 125 Å². The molecule has 1 amide bonds. The summed E-state index contributed by atoms with van der Waals surface area (Å²) in [5.74, 6) is -1.00. The Balaban J connectivity index is 1.99. The molecule has 0 saturated heterocycles. The summed E-state index contributed by atoms with van der Waals surface area (Å²) in [5.41, 5.74) is -0.582. The first kappa shape index (κ1) is 14.7. The monoisotopic (exact) mass is 309 g/mol. The Morgan fingerprint density at radius 1 is 1.30 bits per heavy atom. The van der Waals surface area contributed by atoms with E-state index in [1.165, 1.54) is 11.3 Å². The number of hydrogen-bond donors (Lipinski definition) is 2. The summed E-state index contributed by atoms with van der Waals surface area (Å²) < 4.78 is 0. The van der Waals surface area contributed by atoms with Gasteiger partial charge in [0.2, 0.25) is 5.91 Å². The summed E-state index contributed by atoms with van der Waals surface area (Å²) in [6.07, 6.45) is 0. The minimum atomic E-state index is -0.938. The Morgan fingerprint density at radius 3 is 2.60 bits per heavy atom. The van der Waals surface area contributed by atoms with E-state index in [9.17, 15) is 9.59 Å². The van der Waals surface area contributed by atoms with E-state index in [1.54, 1.807) is 23.5 Å². The number of aromatic carboxylic acids is 1. The number of carboxylic acid groups (broad SMARTS) is 1. The molecule has 0 fully saturated rings. The molecule has 0 unspecified atom stereocenters. The van der Waals surface area contributed by atoms with Gasteiger partial charge in [0.25, 0.3) is 0 Å². The molecule has 6 heteroatoms. The van der Waals surface area contributed by atoms with Crippen molar-refractivity contribution in [1.29, 1.82) is 0 Å². The molecule has 0 radical (unpaired) electrons. The molecule has 0 aliphatic carbocycles. The predicted molar refractivity (Wildman–Crippen MR) is 80.5 cm³/mol. The third-order valence-corrected chi connectivity index (χ3v) is 5.27. The molecule has 0 saturated carbocycles. The van der Waals surface area contributed by atoms with Crippen LogP contribution < -0.4 is 5.32 Å².